The van der Waals surface area contributed by atoms with Gasteiger partial charge >= 0.3 is 107 Å². The van der Waals surface area contributed by atoms with Gasteiger partial charge < -0.3 is 0 Å². The van der Waals surface area contributed by atoms with Gasteiger partial charge in [0.05, 0.1) is 0 Å². The molecule has 0 aliphatic rings. The van der Waals surface area contributed by atoms with Crippen LogP contribution in [-0.4, -0.2) is 14.4 Å². The molecule has 0 unspecified atom stereocenters. The number of hydrogen-bond acceptors (Lipinski definition) is 2. The summed E-state index contributed by atoms with van der Waals surface area (Å²) in [6.45, 7) is 1.97. The van der Waals surface area contributed by atoms with Crippen LogP contribution >= 0.6 is 0 Å². The van der Waals surface area contributed by atoms with Gasteiger partial charge in [-0.05, 0) is 0 Å². The van der Waals surface area contributed by atoms with E-state index in [1.54, 1.807) is 6.20 Å². The molecular weight excluding hydrogens is 252 g/mol. The van der Waals surface area contributed by atoms with E-state index in [0.29, 0.717) is 0 Å². The molecule has 17 heavy (non-hydrogen) atoms. The van der Waals surface area contributed by atoms with Crippen molar-refractivity contribution in [3.8, 4) is 0 Å². The fraction of sp³-hybridized carbons (Fsp3) is 0.0714. The second-order valence-electron chi connectivity index (χ2n) is 3.92. The van der Waals surface area contributed by atoms with Gasteiger partial charge in [-0.2, -0.15) is 0 Å². The fourth-order valence-corrected chi connectivity index (χ4v) is 2.07. The third-order valence-corrected chi connectivity index (χ3v) is 3.06. The van der Waals surface area contributed by atoms with E-state index in [1.165, 1.54) is 0 Å². The first kappa shape index (κ1) is 10.6. The van der Waals surface area contributed by atoms with Crippen LogP contribution in [0.5, 0.6) is 0 Å². The van der Waals surface area contributed by atoms with E-state index >= 15 is 0 Å². The Balaban J connectivity index is 2.46. The van der Waals surface area contributed by atoms with Crippen molar-refractivity contribution >= 4 is 26.2 Å². The van der Waals surface area contributed by atoms with E-state index in [-0.39, 0.29) is 0 Å². The molecule has 3 rings (SSSR count). The Morgan fingerprint density at radius 3 is 2.47 bits per heavy atom. The predicted molar refractivity (Wildman–Crippen MR) is 66.8 cm³/mol. The molecule has 2 aromatic heterocycles. The minimum atomic E-state index is 0.927. The molecule has 1 aromatic carbocycles. The monoisotopic (exact) mass is 262 g/mol. The predicted octanol–water partition coefficient (Wildman–Crippen LogP) is 2.87. The van der Waals surface area contributed by atoms with Gasteiger partial charge in [0.1, 0.15) is 0 Å². The summed E-state index contributed by atoms with van der Waals surface area (Å²) in [7, 11) is 0. The van der Waals surface area contributed by atoms with Gasteiger partial charge in [-0.3, -0.25) is 0 Å². The molecule has 0 saturated carbocycles. The van der Waals surface area contributed by atoms with Crippen molar-refractivity contribution in [2.45, 2.75) is 6.92 Å². The van der Waals surface area contributed by atoms with Gasteiger partial charge in [0.2, 0.25) is 0 Å². The van der Waals surface area contributed by atoms with Crippen molar-refractivity contribution < 1.29 is 15.6 Å². The molecule has 3 heteroatoms. The van der Waals surface area contributed by atoms with Crippen LogP contribution in [0.4, 0.5) is 0 Å². The van der Waals surface area contributed by atoms with Crippen molar-refractivity contribution in [1.29, 1.82) is 0 Å². The van der Waals surface area contributed by atoms with Gasteiger partial charge in [-0.15, -0.1) is 0 Å². The molecule has 0 aliphatic heterocycles. The van der Waals surface area contributed by atoms with Gasteiger partial charge in [0.25, 0.3) is 0 Å². The van der Waals surface area contributed by atoms with Crippen molar-refractivity contribution in [2.75, 3.05) is 0 Å². The van der Waals surface area contributed by atoms with Crippen molar-refractivity contribution in [3.63, 3.8) is 0 Å². The Morgan fingerprint density at radius 1 is 1.00 bits per heavy atom. The maximum atomic E-state index is 4.64. The molecule has 0 amide bonds. The van der Waals surface area contributed by atoms with Crippen LogP contribution in [0.1, 0.15) is 12.6 Å². The molecule has 83 valence electrons. The summed E-state index contributed by atoms with van der Waals surface area (Å²) in [6, 6.07) is 12.2. The van der Waals surface area contributed by atoms with Crippen molar-refractivity contribution in [3.05, 3.63) is 48.3 Å². The molecule has 0 radical (unpaired) electrons. The van der Waals surface area contributed by atoms with Crippen molar-refractivity contribution in [2.24, 2.45) is 0 Å². The number of nitrogens with zero attached hydrogens (tertiary/aromatic N) is 2. The second kappa shape index (κ2) is 4.02. The molecule has 2 heterocycles. The summed E-state index contributed by atoms with van der Waals surface area (Å²) in [6.07, 6.45) is 1.80. The molecule has 0 aliphatic carbocycles. The Labute approximate surface area is 107 Å². The fourth-order valence-electron chi connectivity index (χ4n) is 1.91. The topological polar surface area (TPSA) is 25.8 Å². The molecule has 0 bridgehead atoms. The van der Waals surface area contributed by atoms with E-state index < -0.39 is 0 Å². The number of fused-ring (bicyclic) bond motifs is 3. The van der Waals surface area contributed by atoms with Crippen LogP contribution in [0.3, 0.4) is 0 Å². The van der Waals surface area contributed by atoms with E-state index in [4.69, 9.17) is 0 Å². The van der Waals surface area contributed by atoms with E-state index in [1.807, 2.05) is 19.1 Å². The summed E-state index contributed by atoms with van der Waals surface area (Å²) in [5.74, 6) is 0. The maximum absolute atomic E-state index is 4.64. The number of hydrogen-bond donors (Lipinski definition) is 0. The summed E-state index contributed by atoms with van der Waals surface area (Å²) >= 11 is 3.93. The standard InChI is InChI=1S/C14H10N2.Fe/c1-2-12-8-7-11-6-5-10-4-3-9-15-13(10)14(11)16-12;/h3-9H,1H3;/q;+1. The summed E-state index contributed by atoms with van der Waals surface area (Å²) in [5.41, 5.74) is 2.83. The normalized spacial score (nSPS) is 10.9. The summed E-state index contributed by atoms with van der Waals surface area (Å²) in [4.78, 5) is 9.06. The summed E-state index contributed by atoms with van der Waals surface area (Å²) in [5, 5.41) is 2.23. The molecule has 0 saturated heterocycles. The first-order valence-corrected chi connectivity index (χ1v) is 5.93. The molecular formula is C14H10FeN2+. The van der Waals surface area contributed by atoms with Gasteiger partial charge in [0, 0.05) is 0 Å². The van der Waals surface area contributed by atoms with E-state index in [0.717, 1.165) is 31.9 Å². The van der Waals surface area contributed by atoms with Crippen molar-refractivity contribution in [1.82, 2.24) is 9.97 Å². The van der Waals surface area contributed by atoms with Crippen LogP contribution in [0.2, 0.25) is 0 Å². The number of aromatic nitrogens is 2. The van der Waals surface area contributed by atoms with Crippen LogP contribution < -0.4 is 0 Å². The molecule has 0 fully saturated rings. The first-order valence-electron chi connectivity index (χ1n) is 5.38. The number of rotatable bonds is 1. The van der Waals surface area contributed by atoms with E-state index in [2.05, 4.69) is 49.8 Å². The van der Waals surface area contributed by atoms with Crippen LogP contribution in [0, 0.1) is 0 Å². The quantitative estimate of drug-likeness (QED) is 0.497. The minimum absolute atomic E-state index is 0.927. The molecule has 0 spiro atoms. The van der Waals surface area contributed by atoms with Crippen LogP contribution in [0.25, 0.3) is 21.8 Å². The summed E-state index contributed by atoms with van der Waals surface area (Å²) < 4.78 is 0.972. The van der Waals surface area contributed by atoms with Gasteiger partial charge in [0.15, 0.2) is 0 Å². The zero-order valence-electron chi connectivity index (χ0n) is 9.29. The Kier molecular flexibility index (Phi) is 2.50. The van der Waals surface area contributed by atoms with Crippen LogP contribution in [-0.2, 0) is 15.6 Å². The Hall–Kier alpha value is -1.57. The molecule has 3 aromatic rings. The first-order chi connectivity index (χ1) is 8.25. The SMILES string of the molecule is C[C](=[Fe+])c1ccc2ccc3cccnc3c2n1. The van der Waals surface area contributed by atoms with Gasteiger partial charge in [-0.25, -0.2) is 0 Å². The van der Waals surface area contributed by atoms with Gasteiger partial charge in [-0.1, -0.05) is 0 Å². The Morgan fingerprint density at radius 2 is 1.71 bits per heavy atom. The number of pyridine rings is 2. The molecule has 0 atom stereocenters. The average molecular weight is 262 g/mol. The zero-order chi connectivity index (χ0) is 11.8. The average Bonchev–Trinajstić information content (AvgIpc) is 2.38. The third kappa shape index (κ3) is 1.78. The number of benzene rings is 1. The zero-order valence-corrected chi connectivity index (χ0v) is 10.4. The van der Waals surface area contributed by atoms with Crippen LogP contribution in [0.15, 0.2) is 42.6 Å². The Bertz CT molecular complexity index is 734. The second-order valence-corrected chi connectivity index (χ2v) is 4.75. The molecule has 2 nitrogen and oxygen atoms in total. The third-order valence-electron chi connectivity index (χ3n) is 2.78. The van der Waals surface area contributed by atoms with E-state index in [9.17, 15) is 0 Å². The molecule has 0 N–H and O–H groups in total.